The second-order valence-electron chi connectivity index (χ2n) is 8.27. The van der Waals surface area contributed by atoms with Crippen molar-refractivity contribution in [1.29, 1.82) is 0 Å². The molecule has 3 aromatic carbocycles. The summed E-state index contributed by atoms with van der Waals surface area (Å²) in [5.41, 5.74) is -0.769. The van der Waals surface area contributed by atoms with E-state index in [-0.39, 0.29) is 22.0 Å². The van der Waals surface area contributed by atoms with E-state index in [2.05, 4.69) is 15.4 Å². The maximum Gasteiger partial charge on any atom is 0.253 e. The fourth-order valence-electron chi connectivity index (χ4n) is 4.03. The lowest BCUT2D eigenvalue weighted by Crippen LogP contribution is -2.50. The van der Waals surface area contributed by atoms with Gasteiger partial charge in [-0.2, -0.15) is 0 Å². The molecule has 0 saturated heterocycles. The highest BCUT2D eigenvalue weighted by Gasteiger charge is 2.32. The second kappa shape index (κ2) is 9.03. The van der Waals surface area contributed by atoms with Crippen molar-refractivity contribution >= 4 is 27.1 Å². The number of sulfonamides is 1. The molecule has 174 valence electrons. The highest BCUT2D eigenvalue weighted by Crippen LogP contribution is 2.27. The minimum atomic E-state index is -3.79. The standard InChI is InChI=1S/C23H23F2N3O4S/c1-13-6-8-17(9-7-13)33(31,32)28-19-5-3-2-4-18(19)27-21-20(22(29)23(21)30)26-16-11-14(24)10-15(25)12-16/h6-12,18-19,26-28H,2-5H2,1H3/t18-,19+/m0/s1. The Bertz CT molecular complexity index is 1330. The number of aryl methyl sites for hydroxylation is 1. The van der Waals surface area contributed by atoms with Gasteiger partial charge in [0, 0.05) is 23.8 Å². The maximum absolute atomic E-state index is 13.5. The third kappa shape index (κ3) is 4.96. The highest BCUT2D eigenvalue weighted by atomic mass is 32.2. The number of hydrogen-bond acceptors (Lipinski definition) is 6. The van der Waals surface area contributed by atoms with Gasteiger partial charge in [0.25, 0.3) is 10.9 Å². The van der Waals surface area contributed by atoms with E-state index in [4.69, 9.17) is 0 Å². The molecule has 1 aliphatic rings. The maximum atomic E-state index is 13.5. The van der Waals surface area contributed by atoms with E-state index in [1.165, 1.54) is 12.1 Å². The molecular weight excluding hydrogens is 452 g/mol. The minimum absolute atomic E-state index is 0.0112. The zero-order valence-corrected chi connectivity index (χ0v) is 18.6. The molecule has 0 aromatic heterocycles. The van der Waals surface area contributed by atoms with Gasteiger partial charge in [0.15, 0.2) is 0 Å². The zero-order valence-electron chi connectivity index (χ0n) is 17.8. The summed E-state index contributed by atoms with van der Waals surface area (Å²) in [4.78, 5) is 24.5. The number of nitrogens with one attached hydrogen (secondary N) is 3. The molecule has 3 N–H and O–H groups in total. The fourth-order valence-corrected chi connectivity index (χ4v) is 5.34. The second-order valence-corrected chi connectivity index (χ2v) is 9.98. The van der Waals surface area contributed by atoms with Crippen molar-refractivity contribution in [2.75, 3.05) is 10.6 Å². The first kappa shape index (κ1) is 23.1. The van der Waals surface area contributed by atoms with E-state index < -0.39 is 44.6 Å². The van der Waals surface area contributed by atoms with Gasteiger partial charge in [0.2, 0.25) is 10.0 Å². The van der Waals surface area contributed by atoms with Gasteiger partial charge in [0.05, 0.1) is 4.90 Å². The van der Waals surface area contributed by atoms with Crippen molar-refractivity contribution in [3.8, 4) is 0 Å². The fraction of sp³-hybridized carbons (Fsp3) is 0.304. The third-order valence-electron chi connectivity index (χ3n) is 5.78. The molecule has 0 unspecified atom stereocenters. The molecule has 1 saturated carbocycles. The van der Waals surface area contributed by atoms with Crippen LogP contribution in [0.5, 0.6) is 0 Å². The monoisotopic (exact) mass is 475 g/mol. The Labute approximate surface area is 189 Å². The summed E-state index contributed by atoms with van der Waals surface area (Å²) in [6.45, 7) is 1.86. The van der Waals surface area contributed by atoms with Gasteiger partial charge in [-0.25, -0.2) is 21.9 Å². The summed E-state index contributed by atoms with van der Waals surface area (Å²) in [5, 5.41) is 5.60. The van der Waals surface area contributed by atoms with Crippen LogP contribution in [-0.4, -0.2) is 20.5 Å². The Kier molecular flexibility index (Phi) is 6.31. The molecule has 10 heteroatoms. The van der Waals surface area contributed by atoms with E-state index in [1.54, 1.807) is 12.1 Å². The predicted molar refractivity (Wildman–Crippen MR) is 122 cm³/mol. The number of anilines is 3. The molecule has 2 atom stereocenters. The Morgan fingerprint density at radius 2 is 1.42 bits per heavy atom. The normalized spacial score (nSPS) is 18.9. The molecule has 33 heavy (non-hydrogen) atoms. The van der Waals surface area contributed by atoms with Crippen LogP contribution >= 0.6 is 0 Å². The summed E-state index contributed by atoms with van der Waals surface area (Å²) < 4.78 is 55.4. The molecule has 0 aliphatic heterocycles. The first-order valence-corrected chi connectivity index (χ1v) is 12.0. The first-order valence-electron chi connectivity index (χ1n) is 10.6. The summed E-state index contributed by atoms with van der Waals surface area (Å²) in [6.07, 6.45) is 2.75. The predicted octanol–water partition coefficient (Wildman–Crippen LogP) is 3.31. The van der Waals surface area contributed by atoms with Crippen LogP contribution in [0, 0.1) is 18.6 Å². The van der Waals surface area contributed by atoms with E-state index in [0.29, 0.717) is 18.9 Å². The number of rotatable bonds is 7. The number of benzene rings is 2. The van der Waals surface area contributed by atoms with Gasteiger partial charge >= 0.3 is 0 Å². The molecule has 0 amide bonds. The Morgan fingerprint density at radius 3 is 2.06 bits per heavy atom. The van der Waals surface area contributed by atoms with E-state index >= 15 is 0 Å². The average Bonchev–Trinajstić information content (AvgIpc) is 2.76. The van der Waals surface area contributed by atoms with Crippen molar-refractivity contribution in [3.63, 3.8) is 0 Å². The van der Waals surface area contributed by atoms with Crippen LogP contribution in [0.15, 0.2) is 56.9 Å². The first-order chi connectivity index (χ1) is 15.6. The summed E-state index contributed by atoms with van der Waals surface area (Å²) in [6, 6.07) is 8.23. The Morgan fingerprint density at radius 1 is 0.848 bits per heavy atom. The van der Waals surface area contributed by atoms with Gasteiger partial charge in [0.1, 0.15) is 23.0 Å². The van der Waals surface area contributed by atoms with Crippen LogP contribution in [0.3, 0.4) is 0 Å². The highest BCUT2D eigenvalue weighted by molar-refractivity contribution is 7.89. The van der Waals surface area contributed by atoms with Crippen LogP contribution in [0.2, 0.25) is 0 Å². The van der Waals surface area contributed by atoms with E-state index in [1.807, 2.05) is 6.92 Å². The van der Waals surface area contributed by atoms with Gasteiger partial charge in [-0.1, -0.05) is 30.5 Å². The molecular formula is C23H23F2N3O4S. The quantitative estimate of drug-likeness (QED) is 0.453. The molecule has 7 nitrogen and oxygen atoms in total. The van der Waals surface area contributed by atoms with Gasteiger partial charge in [-0.05, 0) is 44.0 Å². The van der Waals surface area contributed by atoms with Gasteiger partial charge in [-0.3, -0.25) is 9.59 Å². The summed E-state index contributed by atoms with van der Waals surface area (Å²) in [5.74, 6) is -1.66. The van der Waals surface area contributed by atoms with Crippen LogP contribution in [0.4, 0.5) is 25.8 Å². The largest absolute Gasteiger partial charge is 0.376 e. The SMILES string of the molecule is Cc1ccc(S(=O)(=O)N[C@@H]2CCCC[C@@H]2Nc2c(Nc3cc(F)cc(F)c3)c(=O)c2=O)cc1. The van der Waals surface area contributed by atoms with Crippen molar-refractivity contribution in [1.82, 2.24) is 4.72 Å². The van der Waals surface area contributed by atoms with Crippen molar-refractivity contribution < 1.29 is 17.2 Å². The molecule has 0 spiro atoms. The molecule has 4 rings (SSSR count). The van der Waals surface area contributed by atoms with Crippen molar-refractivity contribution in [3.05, 3.63) is 80.1 Å². The van der Waals surface area contributed by atoms with Crippen LogP contribution in [-0.2, 0) is 10.0 Å². The van der Waals surface area contributed by atoms with Crippen LogP contribution in [0.25, 0.3) is 0 Å². The Hall–Kier alpha value is -3.11. The molecule has 1 aliphatic carbocycles. The molecule has 0 radical (unpaired) electrons. The topological polar surface area (TPSA) is 104 Å². The summed E-state index contributed by atoms with van der Waals surface area (Å²) >= 11 is 0. The van der Waals surface area contributed by atoms with Gasteiger partial charge < -0.3 is 10.6 Å². The van der Waals surface area contributed by atoms with Crippen molar-refractivity contribution in [2.24, 2.45) is 0 Å². The average molecular weight is 476 g/mol. The van der Waals surface area contributed by atoms with E-state index in [9.17, 15) is 26.8 Å². The molecule has 0 bridgehead atoms. The minimum Gasteiger partial charge on any atom is -0.376 e. The van der Waals surface area contributed by atoms with Crippen LogP contribution < -0.4 is 26.2 Å². The number of halogens is 2. The lowest BCUT2D eigenvalue weighted by Gasteiger charge is -2.34. The zero-order chi connectivity index (χ0) is 23.8. The van der Waals surface area contributed by atoms with Crippen molar-refractivity contribution in [2.45, 2.75) is 49.6 Å². The number of hydrogen-bond donors (Lipinski definition) is 3. The Balaban J connectivity index is 1.54. The third-order valence-corrected chi connectivity index (χ3v) is 7.28. The summed E-state index contributed by atoms with van der Waals surface area (Å²) in [7, 11) is -3.79. The van der Waals surface area contributed by atoms with E-state index in [0.717, 1.165) is 30.5 Å². The smallest absolute Gasteiger partial charge is 0.253 e. The lowest BCUT2D eigenvalue weighted by atomic mass is 9.90. The van der Waals surface area contributed by atoms with Gasteiger partial charge in [-0.15, -0.1) is 0 Å². The molecule has 1 fully saturated rings. The van der Waals surface area contributed by atoms with Crippen LogP contribution in [0.1, 0.15) is 31.2 Å². The molecule has 0 heterocycles. The lowest BCUT2D eigenvalue weighted by molar-refractivity contribution is 0.378. The molecule has 3 aromatic rings.